The van der Waals surface area contributed by atoms with Crippen LogP contribution < -0.4 is 5.32 Å². The molecule has 1 unspecified atom stereocenters. The highest BCUT2D eigenvalue weighted by molar-refractivity contribution is 6.42. The van der Waals surface area contributed by atoms with Crippen LogP contribution >= 0.6 is 23.2 Å². The average molecular weight is 298 g/mol. The van der Waals surface area contributed by atoms with Crippen molar-refractivity contribution in [1.82, 2.24) is 5.32 Å². The Morgan fingerprint density at radius 1 is 1.26 bits per heavy atom. The summed E-state index contributed by atoms with van der Waals surface area (Å²) in [5, 5.41) is 4.64. The lowest BCUT2D eigenvalue weighted by atomic mass is 10.0. The van der Waals surface area contributed by atoms with Crippen molar-refractivity contribution in [3.63, 3.8) is 0 Å². The number of halogens is 2. The van der Waals surface area contributed by atoms with Crippen LogP contribution in [0.15, 0.2) is 34.9 Å². The molecule has 19 heavy (non-hydrogen) atoms. The second kappa shape index (κ2) is 6.47. The fourth-order valence-electron chi connectivity index (χ4n) is 2.17. The first-order chi connectivity index (χ1) is 9.13. The fourth-order valence-corrected chi connectivity index (χ4v) is 2.57. The summed E-state index contributed by atoms with van der Waals surface area (Å²) in [5.74, 6) is 0.956. The van der Waals surface area contributed by atoms with E-state index in [2.05, 4.69) is 12.2 Å². The Balaban J connectivity index is 2.27. The van der Waals surface area contributed by atoms with Crippen molar-refractivity contribution in [2.45, 2.75) is 26.3 Å². The summed E-state index contributed by atoms with van der Waals surface area (Å²) in [6.07, 6.45) is 2.47. The summed E-state index contributed by atoms with van der Waals surface area (Å²) in [7, 11) is 0. The first-order valence-electron chi connectivity index (χ1n) is 6.33. The summed E-state index contributed by atoms with van der Waals surface area (Å²) in [6, 6.07) is 7.79. The Kier molecular flexibility index (Phi) is 4.92. The minimum absolute atomic E-state index is 0.107. The quantitative estimate of drug-likeness (QED) is 0.858. The van der Waals surface area contributed by atoms with E-state index < -0.39 is 0 Å². The molecule has 0 spiro atoms. The molecule has 0 aliphatic heterocycles. The van der Waals surface area contributed by atoms with Crippen LogP contribution in [0.2, 0.25) is 10.0 Å². The molecule has 1 atom stereocenters. The van der Waals surface area contributed by atoms with Gasteiger partial charge in [-0.1, -0.05) is 42.3 Å². The van der Waals surface area contributed by atoms with Gasteiger partial charge in [0.15, 0.2) is 0 Å². The van der Waals surface area contributed by atoms with Gasteiger partial charge in [0.25, 0.3) is 0 Å². The average Bonchev–Trinajstić information content (AvgIpc) is 2.80. The van der Waals surface area contributed by atoms with E-state index >= 15 is 0 Å². The summed E-state index contributed by atoms with van der Waals surface area (Å²) < 4.78 is 5.58. The molecule has 0 aliphatic carbocycles. The highest BCUT2D eigenvalue weighted by atomic mass is 35.5. The molecule has 102 valence electrons. The molecule has 2 nitrogen and oxygen atoms in total. The van der Waals surface area contributed by atoms with Gasteiger partial charge < -0.3 is 9.73 Å². The molecule has 2 aromatic rings. The zero-order valence-corrected chi connectivity index (χ0v) is 12.6. The highest BCUT2D eigenvalue weighted by Crippen LogP contribution is 2.30. The zero-order chi connectivity index (χ0) is 13.8. The van der Waals surface area contributed by atoms with Gasteiger partial charge in [-0.05, 0) is 43.1 Å². The van der Waals surface area contributed by atoms with Crippen LogP contribution in [0, 0.1) is 6.92 Å². The Bertz CT molecular complexity index is 551. The molecule has 0 saturated carbocycles. The molecule has 2 rings (SSSR count). The van der Waals surface area contributed by atoms with Gasteiger partial charge in [-0.3, -0.25) is 0 Å². The second-order valence-corrected chi connectivity index (χ2v) is 5.28. The number of nitrogens with one attached hydrogen (secondary N) is 1. The lowest BCUT2D eigenvalue weighted by Gasteiger charge is -2.17. The van der Waals surface area contributed by atoms with Crippen LogP contribution in [0.25, 0.3) is 0 Å². The summed E-state index contributed by atoms with van der Waals surface area (Å²) >= 11 is 12.3. The molecule has 0 bridgehead atoms. The number of rotatable bonds is 5. The standard InChI is InChI=1S/C15H17Cl2NO/c1-3-18-13(15-10(2)7-8-19-15)9-11-5-4-6-12(16)14(11)17/h4-8,13,18H,3,9H2,1-2H3. The normalized spacial score (nSPS) is 12.6. The van der Waals surface area contributed by atoms with Crippen molar-refractivity contribution in [2.75, 3.05) is 6.54 Å². The van der Waals surface area contributed by atoms with Crippen LogP contribution in [0.5, 0.6) is 0 Å². The third-order valence-electron chi connectivity index (χ3n) is 3.12. The number of likely N-dealkylation sites (N-methyl/N-ethyl adjacent to an activating group) is 1. The van der Waals surface area contributed by atoms with Gasteiger partial charge in [-0.2, -0.15) is 0 Å². The van der Waals surface area contributed by atoms with E-state index in [-0.39, 0.29) is 6.04 Å². The SMILES string of the molecule is CCNC(Cc1cccc(Cl)c1Cl)c1occc1C. The van der Waals surface area contributed by atoms with E-state index in [0.29, 0.717) is 10.0 Å². The van der Waals surface area contributed by atoms with Crippen LogP contribution in [0.1, 0.15) is 29.9 Å². The van der Waals surface area contributed by atoms with Gasteiger partial charge >= 0.3 is 0 Å². The van der Waals surface area contributed by atoms with Gasteiger partial charge in [0, 0.05) is 0 Å². The third kappa shape index (κ3) is 3.33. The van der Waals surface area contributed by atoms with Crippen molar-refractivity contribution in [3.8, 4) is 0 Å². The van der Waals surface area contributed by atoms with Crippen molar-refractivity contribution in [1.29, 1.82) is 0 Å². The van der Waals surface area contributed by atoms with Crippen LogP contribution in [-0.2, 0) is 6.42 Å². The van der Waals surface area contributed by atoms with Crippen molar-refractivity contribution < 1.29 is 4.42 Å². The number of hydrogen-bond donors (Lipinski definition) is 1. The minimum atomic E-state index is 0.107. The van der Waals surface area contributed by atoms with E-state index in [1.807, 2.05) is 25.1 Å². The maximum Gasteiger partial charge on any atom is 0.123 e. The highest BCUT2D eigenvalue weighted by Gasteiger charge is 2.18. The first-order valence-corrected chi connectivity index (χ1v) is 7.09. The maximum atomic E-state index is 6.25. The maximum absolute atomic E-state index is 6.25. The monoisotopic (exact) mass is 297 g/mol. The van der Waals surface area contributed by atoms with Crippen LogP contribution in [-0.4, -0.2) is 6.54 Å². The van der Waals surface area contributed by atoms with Crippen LogP contribution in [0.4, 0.5) is 0 Å². The summed E-state index contributed by atoms with van der Waals surface area (Å²) in [4.78, 5) is 0. The van der Waals surface area contributed by atoms with E-state index in [1.165, 1.54) is 0 Å². The molecular weight excluding hydrogens is 281 g/mol. The Labute approximate surface area is 123 Å². The Morgan fingerprint density at radius 3 is 2.68 bits per heavy atom. The second-order valence-electron chi connectivity index (χ2n) is 4.50. The van der Waals surface area contributed by atoms with E-state index in [1.54, 1.807) is 12.3 Å². The lowest BCUT2D eigenvalue weighted by molar-refractivity contribution is 0.414. The molecule has 1 aromatic heterocycles. The summed E-state index contributed by atoms with van der Waals surface area (Å²) in [6.45, 7) is 4.98. The topological polar surface area (TPSA) is 25.2 Å². The molecule has 0 radical (unpaired) electrons. The number of benzene rings is 1. The molecule has 4 heteroatoms. The molecule has 1 N–H and O–H groups in total. The smallest absolute Gasteiger partial charge is 0.123 e. The predicted octanol–water partition coefficient (Wildman–Crippen LogP) is 4.79. The van der Waals surface area contributed by atoms with Gasteiger partial charge in [0.05, 0.1) is 22.4 Å². The molecule has 0 fully saturated rings. The van der Waals surface area contributed by atoms with Gasteiger partial charge in [0.1, 0.15) is 5.76 Å². The van der Waals surface area contributed by atoms with Crippen LogP contribution in [0.3, 0.4) is 0 Å². The Morgan fingerprint density at radius 2 is 2.05 bits per heavy atom. The van der Waals surface area contributed by atoms with E-state index in [0.717, 1.165) is 29.9 Å². The van der Waals surface area contributed by atoms with E-state index in [4.69, 9.17) is 27.6 Å². The predicted molar refractivity (Wildman–Crippen MR) is 80.0 cm³/mol. The first kappa shape index (κ1) is 14.4. The van der Waals surface area contributed by atoms with Gasteiger partial charge in [-0.25, -0.2) is 0 Å². The van der Waals surface area contributed by atoms with Crippen molar-refractivity contribution in [3.05, 3.63) is 57.5 Å². The largest absolute Gasteiger partial charge is 0.467 e. The Hall–Kier alpha value is -0.960. The van der Waals surface area contributed by atoms with E-state index in [9.17, 15) is 0 Å². The summed E-state index contributed by atoms with van der Waals surface area (Å²) in [5.41, 5.74) is 2.17. The van der Waals surface area contributed by atoms with Crippen molar-refractivity contribution in [2.24, 2.45) is 0 Å². The molecule has 1 heterocycles. The molecule has 1 aromatic carbocycles. The zero-order valence-electron chi connectivity index (χ0n) is 11.0. The molecule has 0 saturated heterocycles. The van der Waals surface area contributed by atoms with Crippen molar-refractivity contribution >= 4 is 23.2 Å². The fraction of sp³-hybridized carbons (Fsp3) is 0.333. The van der Waals surface area contributed by atoms with Gasteiger partial charge in [-0.15, -0.1) is 0 Å². The minimum Gasteiger partial charge on any atom is -0.467 e. The number of aryl methyl sites for hydroxylation is 1. The lowest BCUT2D eigenvalue weighted by Crippen LogP contribution is -2.23. The number of furan rings is 1. The molecule has 0 amide bonds. The van der Waals surface area contributed by atoms with Gasteiger partial charge in [0.2, 0.25) is 0 Å². The third-order valence-corrected chi connectivity index (χ3v) is 3.98. The molecular formula is C15H17Cl2NO. The molecule has 0 aliphatic rings. The number of hydrogen-bond acceptors (Lipinski definition) is 2.